The van der Waals surface area contributed by atoms with Crippen molar-refractivity contribution < 1.29 is 14.2 Å². The van der Waals surface area contributed by atoms with Crippen molar-refractivity contribution in [2.45, 2.75) is 12.8 Å². The summed E-state index contributed by atoms with van der Waals surface area (Å²) < 4.78 is 17.1. The second kappa shape index (κ2) is 4.93. The second-order valence-electron chi connectivity index (χ2n) is 3.50. The van der Waals surface area contributed by atoms with Crippen LogP contribution in [0.5, 0.6) is 17.2 Å². The molecule has 0 unspecified atom stereocenters. The number of benzene rings is 1. The van der Waals surface area contributed by atoms with Gasteiger partial charge in [-0.25, -0.2) is 0 Å². The second-order valence-corrected chi connectivity index (χ2v) is 4.35. The van der Waals surface area contributed by atoms with E-state index in [2.05, 4.69) is 15.9 Å². The number of hydrogen-bond donors (Lipinski definition) is 1. The molecule has 0 aliphatic carbocycles. The summed E-state index contributed by atoms with van der Waals surface area (Å²) in [6.45, 7) is 0.913. The van der Waals surface area contributed by atoms with E-state index in [4.69, 9.17) is 19.9 Å². The minimum Gasteiger partial charge on any atom is -0.495 e. The maximum absolute atomic E-state index is 5.53. The molecule has 16 heavy (non-hydrogen) atoms. The van der Waals surface area contributed by atoms with Crippen molar-refractivity contribution in [3.05, 3.63) is 16.1 Å². The highest BCUT2D eigenvalue weighted by Gasteiger charge is 2.23. The largest absolute Gasteiger partial charge is 0.495 e. The summed E-state index contributed by atoms with van der Waals surface area (Å²) in [4.78, 5) is 0. The number of ether oxygens (including phenoxy) is 3. The number of rotatable bonds is 4. The highest BCUT2D eigenvalue weighted by molar-refractivity contribution is 9.10. The highest BCUT2D eigenvalue weighted by atomic mass is 79.9. The lowest BCUT2D eigenvalue weighted by atomic mass is 10.1. The van der Waals surface area contributed by atoms with Gasteiger partial charge in [0, 0.05) is 11.6 Å². The molecule has 0 saturated heterocycles. The smallest absolute Gasteiger partial charge is 0.231 e. The Balaban J connectivity index is 2.44. The molecule has 0 spiro atoms. The average molecular weight is 288 g/mol. The zero-order valence-electron chi connectivity index (χ0n) is 9.09. The molecule has 1 aliphatic heterocycles. The molecular formula is C11H14BrNO3. The van der Waals surface area contributed by atoms with Gasteiger partial charge in [-0.3, -0.25) is 0 Å². The summed E-state index contributed by atoms with van der Waals surface area (Å²) in [5.41, 5.74) is 6.55. The van der Waals surface area contributed by atoms with Crippen LogP contribution < -0.4 is 19.9 Å². The number of methoxy groups -OCH3 is 1. The van der Waals surface area contributed by atoms with E-state index in [1.54, 1.807) is 7.11 Å². The minimum absolute atomic E-state index is 0.268. The molecule has 0 amide bonds. The molecule has 1 heterocycles. The molecule has 88 valence electrons. The van der Waals surface area contributed by atoms with Gasteiger partial charge in [0.25, 0.3) is 0 Å². The predicted molar refractivity (Wildman–Crippen MR) is 64.2 cm³/mol. The lowest BCUT2D eigenvalue weighted by Gasteiger charge is -2.12. The van der Waals surface area contributed by atoms with Gasteiger partial charge in [0.2, 0.25) is 6.79 Å². The maximum atomic E-state index is 5.53. The molecule has 2 N–H and O–H groups in total. The predicted octanol–water partition coefficient (Wildman–Crippen LogP) is 2.08. The minimum atomic E-state index is 0.268. The Labute approximate surface area is 103 Å². The fraction of sp³-hybridized carbons (Fsp3) is 0.455. The summed E-state index contributed by atoms with van der Waals surface area (Å²) >= 11 is 3.46. The average Bonchev–Trinajstić information content (AvgIpc) is 2.72. The molecule has 0 radical (unpaired) electrons. The molecule has 2 rings (SSSR count). The molecule has 5 heteroatoms. The van der Waals surface area contributed by atoms with Crippen LogP contribution >= 0.6 is 15.9 Å². The molecule has 4 nitrogen and oxygen atoms in total. The molecule has 0 aromatic heterocycles. The van der Waals surface area contributed by atoms with Gasteiger partial charge in [-0.05, 0) is 35.3 Å². The third-order valence-corrected chi connectivity index (χ3v) is 3.09. The first-order valence-electron chi connectivity index (χ1n) is 5.13. The highest BCUT2D eigenvalue weighted by Crippen LogP contribution is 2.45. The topological polar surface area (TPSA) is 53.7 Å². The third-order valence-electron chi connectivity index (χ3n) is 2.50. The van der Waals surface area contributed by atoms with Crippen LogP contribution in [0.1, 0.15) is 12.0 Å². The summed E-state index contributed by atoms with van der Waals surface area (Å²) in [5.74, 6) is 2.35. The van der Waals surface area contributed by atoms with Gasteiger partial charge in [-0.1, -0.05) is 0 Å². The number of nitrogens with two attached hydrogens (primary N) is 1. The van der Waals surface area contributed by atoms with Gasteiger partial charge in [0.1, 0.15) is 5.75 Å². The van der Waals surface area contributed by atoms with E-state index in [9.17, 15) is 0 Å². The van der Waals surface area contributed by atoms with Crippen molar-refractivity contribution >= 4 is 15.9 Å². The summed E-state index contributed by atoms with van der Waals surface area (Å²) in [6.07, 6.45) is 1.72. The summed E-state index contributed by atoms with van der Waals surface area (Å²) in [5, 5.41) is 0. The molecule has 0 fully saturated rings. The molecule has 0 bridgehead atoms. The quantitative estimate of drug-likeness (QED) is 0.921. The van der Waals surface area contributed by atoms with Crippen molar-refractivity contribution in [3.8, 4) is 17.2 Å². The van der Waals surface area contributed by atoms with Crippen LogP contribution in [0.2, 0.25) is 0 Å². The Hall–Kier alpha value is -0.940. The van der Waals surface area contributed by atoms with Gasteiger partial charge in [0.15, 0.2) is 11.5 Å². The summed E-state index contributed by atoms with van der Waals surface area (Å²) in [7, 11) is 1.65. The van der Waals surface area contributed by atoms with Gasteiger partial charge in [-0.2, -0.15) is 0 Å². The van der Waals surface area contributed by atoms with E-state index in [0.29, 0.717) is 6.54 Å². The number of halogens is 1. The van der Waals surface area contributed by atoms with E-state index >= 15 is 0 Å². The van der Waals surface area contributed by atoms with Gasteiger partial charge >= 0.3 is 0 Å². The van der Waals surface area contributed by atoms with Crippen molar-refractivity contribution in [2.24, 2.45) is 5.73 Å². The SMILES string of the molecule is COc1c(Br)cc2c(c1CCCN)OCO2. The van der Waals surface area contributed by atoms with Crippen LogP contribution in [0.4, 0.5) is 0 Å². The van der Waals surface area contributed by atoms with Crippen LogP contribution in [0, 0.1) is 0 Å². The molecular weight excluding hydrogens is 274 g/mol. The van der Waals surface area contributed by atoms with E-state index in [-0.39, 0.29) is 6.79 Å². The van der Waals surface area contributed by atoms with Crippen LogP contribution in [0.15, 0.2) is 10.5 Å². The van der Waals surface area contributed by atoms with Crippen molar-refractivity contribution in [1.82, 2.24) is 0 Å². The normalized spacial score (nSPS) is 12.9. The Morgan fingerprint density at radius 1 is 1.50 bits per heavy atom. The lowest BCUT2D eigenvalue weighted by Crippen LogP contribution is -2.03. The first kappa shape index (κ1) is 11.5. The van der Waals surface area contributed by atoms with Crippen LogP contribution in [-0.4, -0.2) is 20.4 Å². The standard InChI is InChI=1S/C11H14BrNO3/c1-14-10-7(3-2-4-13)11-9(5-8(10)12)15-6-16-11/h5H,2-4,6,13H2,1H3. The monoisotopic (exact) mass is 287 g/mol. The van der Waals surface area contributed by atoms with Crippen molar-refractivity contribution in [2.75, 3.05) is 20.4 Å². The Morgan fingerprint density at radius 2 is 2.31 bits per heavy atom. The van der Waals surface area contributed by atoms with E-state index in [1.165, 1.54) is 0 Å². The Bertz CT molecular complexity index is 392. The van der Waals surface area contributed by atoms with Gasteiger partial charge in [0.05, 0.1) is 11.6 Å². The van der Waals surface area contributed by atoms with Crippen LogP contribution in [0.25, 0.3) is 0 Å². The molecule has 1 aromatic rings. The van der Waals surface area contributed by atoms with E-state index in [1.807, 2.05) is 6.07 Å². The van der Waals surface area contributed by atoms with Crippen LogP contribution in [0.3, 0.4) is 0 Å². The number of fused-ring (bicyclic) bond motifs is 1. The van der Waals surface area contributed by atoms with E-state index < -0.39 is 0 Å². The van der Waals surface area contributed by atoms with Crippen molar-refractivity contribution in [3.63, 3.8) is 0 Å². The lowest BCUT2D eigenvalue weighted by molar-refractivity contribution is 0.173. The maximum Gasteiger partial charge on any atom is 0.231 e. The first-order chi connectivity index (χ1) is 7.77. The fourth-order valence-electron chi connectivity index (χ4n) is 1.79. The molecule has 1 aromatic carbocycles. The summed E-state index contributed by atoms with van der Waals surface area (Å²) in [6, 6.07) is 1.87. The van der Waals surface area contributed by atoms with Crippen molar-refractivity contribution in [1.29, 1.82) is 0 Å². The fourth-order valence-corrected chi connectivity index (χ4v) is 2.40. The van der Waals surface area contributed by atoms with Gasteiger partial charge < -0.3 is 19.9 Å². The zero-order chi connectivity index (χ0) is 11.5. The first-order valence-corrected chi connectivity index (χ1v) is 5.92. The molecule has 1 aliphatic rings. The van der Waals surface area contributed by atoms with Gasteiger partial charge in [-0.15, -0.1) is 0 Å². The number of hydrogen-bond acceptors (Lipinski definition) is 4. The van der Waals surface area contributed by atoms with Crippen LogP contribution in [-0.2, 0) is 6.42 Å². The molecule has 0 atom stereocenters. The van der Waals surface area contributed by atoms with E-state index in [0.717, 1.165) is 40.1 Å². The Morgan fingerprint density at radius 3 is 3.00 bits per heavy atom. The zero-order valence-corrected chi connectivity index (χ0v) is 10.7. The third kappa shape index (κ3) is 1.97. The molecule has 0 saturated carbocycles. The Kier molecular flexibility index (Phi) is 3.56.